The van der Waals surface area contributed by atoms with E-state index in [4.69, 9.17) is 11.6 Å². The van der Waals surface area contributed by atoms with Crippen molar-refractivity contribution in [2.24, 2.45) is 0 Å². The highest BCUT2D eigenvalue weighted by molar-refractivity contribution is 6.30. The summed E-state index contributed by atoms with van der Waals surface area (Å²) in [4.78, 5) is 12.2. The summed E-state index contributed by atoms with van der Waals surface area (Å²) in [6.07, 6.45) is 2.19. The second-order valence-corrected chi connectivity index (χ2v) is 6.78. The van der Waals surface area contributed by atoms with Gasteiger partial charge in [0.25, 0.3) is 0 Å². The van der Waals surface area contributed by atoms with Crippen molar-refractivity contribution >= 4 is 23.3 Å². The molecule has 1 aliphatic carbocycles. The Morgan fingerprint density at radius 2 is 1.83 bits per heavy atom. The number of amides is 2. The first-order valence-corrected chi connectivity index (χ1v) is 8.25. The molecule has 0 bridgehead atoms. The molecule has 2 amide bonds. The Bertz CT molecular complexity index is 721. The van der Waals surface area contributed by atoms with Gasteiger partial charge in [-0.2, -0.15) is 0 Å². The van der Waals surface area contributed by atoms with Crippen LogP contribution in [0.2, 0.25) is 5.02 Å². The molecule has 2 aromatic carbocycles. The lowest BCUT2D eigenvalue weighted by atomic mass is 9.96. The van der Waals surface area contributed by atoms with E-state index in [1.54, 1.807) is 0 Å². The third-order valence-electron chi connectivity index (χ3n) is 4.75. The minimum atomic E-state index is -0.154. The monoisotopic (exact) mass is 328 g/mol. The maximum absolute atomic E-state index is 12.2. The zero-order valence-corrected chi connectivity index (χ0v) is 14.2. The molecule has 0 unspecified atom stereocenters. The highest BCUT2D eigenvalue weighted by atomic mass is 35.5. The van der Waals surface area contributed by atoms with Crippen molar-refractivity contribution in [1.82, 2.24) is 5.32 Å². The van der Waals surface area contributed by atoms with Crippen LogP contribution in [0.5, 0.6) is 0 Å². The summed E-state index contributed by atoms with van der Waals surface area (Å²) in [6, 6.07) is 13.7. The molecular weight excluding hydrogens is 308 g/mol. The topological polar surface area (TPSA) is 41.1 Å². The van der Waals surface area contributed by atoms with Gasteiger partial charge in [-0.1, -0.05) is 35.9 Å². The number of rotatable bonds is 4. The summed E-state index contributed by atoms with van der Waals surface area (Å²) in [6.45, 7) is 4.70. The van der Waals surface area contributed by atoms with Gasteiger partial charge in [0.05, 0.1) is 0 Å². The van der Waals surface area contributed by atoms with E-state index in [9.17, 15) is 4.79 Å². The molecule has 0 aromatic heterocycles. The summed E-state index contributed by atoms with van der Waals surface area (Å²) in [5, 5.41) is 6.69. The van der Waals surface area contributed by atoms with E-state index in [1.807, 2.05) is 44.2 Å². The van der Waals surface area contributed by atoms with E-state index in [2.05, 4.69) is 22.8 Å². The molecule has 1 fully saturated rings. The van der Waals surface area contributed by atoms with Crippen molar-refractivity contribution in [1.29, 1.82) is 0 Å². The lowest BCUT2D eigenvalue weighted by Gasteiger charge is -2.18. The van der Waals surface area contributed by atoms with Crippen LogP contribution in [0.25, 0.3) is 0 Å². The smallest absolute Gasteiger partial charge is 0.319 e. The van der Waals surface area contributed by atoms with Crippen LogP contribution in [0.1, 0.15) is 29.5 Å². The maximum Gasteiger partial charge on any atom is 0.319 e. The summed E-state index contributed by atoms with van der Waals surface area (Å²) >= 11 is 5.95. The fraction of sp³-hybridized carbons (Fsp3) is 0.316. The lowest BCUT2D eigenvalue weighted by Crippen LogP contribution is -2.35. The third-order valence-corrected chi connectivity index (χ3v) is 5.00. The predicted molar refractivity (Wildman–Crippen MR) is 95.3 cm³/mol. The van der Waals surface area contributed by atoms with Gasteiger partial charge in [-0.25, -0.2) is 4.79 Å². The number of halogens is 1. The van der Waals surface area contributed by atoms with E-state index in [0.29, 0.717) is 6.54 Å². The largest absolute Gasteiger partial charge is 0.337 e. The maximum atomic E-state index is 12.2. The van der Waals surface area contributed by atoms with Crippen molar-refractivity contribution in [3.63, 3.8) is 0 Å². The van der Waals surface area contributed by atoms with Crippen molar-refractivity contribution in [2.75, 3.05) is 11.9 Å². The summed E-state index contributed by atoms with van der Waals surface area (Å²) in [5.41, 5.74) is 4.45. The third kappa shape index (κ3) is 3.50. The molecule has 120 valence electrons. The molecular formula is C19H21ClN2O. The van der Waals surface area contributed by atoms with Gasteiger partial charge >= 0.3 is 6.03 Å². The van der Waals surface area contributed by atoms with Crippen molar-refractivity contribution in [3.8, 4) is 0 Å². The van der Waals surface area contributed by atoms with Crippen LogP contribution < -0.4 is 10.6 Å². The summed E-state index contributed by atoms with van der Waals surface area (Å²) < 4.78 is 0. The minimum absolute atomic E-state index is 0.0730. The highest BCUT2D eigenvalue weighted by Gasteiger charge is 2.44. The van der Waals surface area contributed by atoms with Gasteiger partial charge in [0.2, 0.25) is 0 Å². The molecule has 0 saturated heterocycles. The van der Waals surface area contributed by atoms with Gasteiger partial charge in [0.1, 0.15) is 0 Å². The van der Waals surface area contributed by atoms with E-state index in [1.165, 1.54) is 11.1 Å². The number of hydrogen-bond acceptors (Lipinski definition) is 1. The molecule has 0 heterocycles. The van der Waals surface area contributed by atoms with Crippen molar-refractivity contribution in [2.45, 2.75) is 32.1 Å². The van der Waals surface area contributed by atoms with Crippen LogP contribution >= 0.6 is 11.6 Å². The Morgan fingerprint density at radius 1 is 1.13 bits per heavy atom. The normalized spacial score (nSPS) is 15.1. The number of nitrogens with one attached hydrogen (secondary N) is 2. The van der Waals surface area contributed by atoms with Crippen LogP contribution in [0.15, 0.2) is 42.5 Å². The Labute approximate surface area is 142 Å². The van der Waals surface area contributed by atoms with E-state index in [0.717, 1.165) is 29.1 Å². The predicted octanol–water partition coefficient (Wildman–Crippen LogP) is 4.81. The van der Waals surface area contributed by atoms with Crippen molar-refractivity contribution in [3.05, 3.63) is 64.2 Å². The summed E-state index contributed by atoms with van der Waals surface area (Å²) in [7, 11) is 0. The molecule has 4 heteroatoms. The molecule has 1 aliphatic rings. The molecule has 0 atom stereocenters. The first-order valence-electron chi connectivity index (χ1n) is 7.87. The number of aryl methyl sites for hydroxylation is 1. The van der Waals surface area contributed by atoms with E-state index < -0.39 is 0 Å². The Balaban J connectivity index is 1.61. The molecule has 2 N–H and O–H groups in total. The Morgan fingerprint density at radius 3 is 2.48 bits per heavy atom. The average Bonchev–Trinajstić information content (AvgIpc) is 3.32. The number of hydrogen-bond donors (Lipinski definition) is 2. The number of carbonyl (C=O) groups excluding carboxylic acids is 1. The molecule has 3 rings (SSSR count). The molecule has 1 saturated carbocycles. The SMILES string of the molecule is Cc1cccc(NC(=O)NCC2(c3ccc(Cl)cc3)CC2)c1C. The fourth-order valence-electron chi connectivity index (χ4n) is 2.82. The molecule has 2 aromatic rings. The second kappa shape index (κ2) is 6.25. The van der Waals surface area contributed by atoms with E-state index in [-0.39, 0.29) is 11.4 Å². The quantitative estimate of drug-likeness (QED) is 0.830. The van der Waals surface area contributed by atoms with Gasteiger partial charge in [0.15, 0.2) is 0 Å². The van der Waals surface area contributed by atoms with E-state index >= 15 is 0 Å². The molecule has 0 spiro atoms. The van der Waals surface area contributed by atoms with Crippen LogP contribution in [0.4, 0.5) is 10.5 Å². The molecule has 23 heavy (non-hydrogen) atoms. The summed E-state index contributed by atoms with van der Waals surface area (Å²) in [5.74, 6) is 0. The lowest BCUT2D eigenvalue weighted by molar-refractivity contribution is 0.251. The van der Waals surface area contributed by atoms with Crippen LogP contribution in [0, 0.1) is 13.8 Å². The zero-order valence-electron chi connectivity index (χ0n) is 13.4. The second-order valence-electron chi connectivity index (χ2n) is 6.34. The van der Waals surface area contributed by atoms with Crippen LogP contribution in [0.3, 0.4) is 0 Å². The Hall–Kier alpha value is -2.00. The number of anilines is 1. The minimum Gasteiger partial charge on any atom is -0.337 e. The highest BCUT2D eigenvalue weighted by Crippen LogP contribution is 2.47. The van der Waals surface area contributed by atoms with Gasteiger partial charge in [0, 0.05) is 22.7 Å². The average molecular weight is 329 g/mol. The van der Waals surface area contributed by atoms with Crippen LogP contribution in [-0.4, -0.2) is 12.6 Å². The van der Waals surface area contributed by atoms with Gasteiger partial charge < -0.3 is 10.6 Å². The van der Waals surface area contributed by atoms with Crippen LogP contribution in [-0.2, 0) is 5.41 Å². The molecule has 3 nitrogen and oxygen atoms in total. The number of urea groups is 1. The fourth-order valence-corrected chi connectivity index (χ4v) is 2.95. The number of carbonyl (C=O) groups is 1. The number of benzene rings is 2. The van der Waals surface area contributed by atoms with Gasteiger partial charge in [-0.3, -0.25) is 0 Å². The molecule has 0 aliphatic heterocycles. The van der Waals surface area contributed by atoms with Gasteiger partial charge in [-0.15, -0.1) is 0 Å². The first-order chi connectivity index (χ1) is 11.0. The zero-order chi connectivity index (χ0) is 16.4. The molecule has 0 radical (unpaired) electrons. The first kappa shape index (κ1) is 15.9. The Kier molecular flexibility index (Phi) is 4.31. The standard InChI is InChI=1S/C19H21ClN2O/c1-13-4-3-5-17(14(13)2)22-18(23)21-12-19(10-11-19)15-6-8-16(20)9-7-15/h3-9H,10-12H2,1-2H3,(H2,21,22,23). The van der Waals surface area contributed by atoms with Gasteiger partial charge in [-0.05, 0) is 61.6 Å². The van der Waals surface area contributed by atoms with Crippen molar-refractivity contribution < 1.29 is 4.79 Å².